The molecule has 9 heteroatoms. The van der Waals surface area contributed by atoms with Gasteiger partial charge in [-0.1, -0.05) is 25.1 Å². The van der Waals surface area contributed by atoms with E-state index >= 15 is 0 Å². The molecule has 0 saturated heterocycles. The third-order valence-electron chi connectivity index (χ3n) is 3.73. The van der Waals surface area contributed by atoms with E-state index in [9.17, 15) is 18.0 Å². The average molecular weight is 379 g/mol. The van der Waals surface area contributed by atoms with E-state index < -0.39 is 15.9 Å². The van der Waals surface area contributed by atoms with Crippen LogP contribution in [0.5, 0.6) is 0 Å². The predicted octanol–water partition coefficient (Wildman–Crippen LogP) is 1.46. The highest BCUT2D eigenvalue weighted by Crippen LogP contribution is 2.16. The molecule has 0 bridgehead atoms. The van der Waals surface area contributed by atoms with Gasteiger partial charge in [0.05, 0.1) is 6.54 Å². The summed E-state index contributed by atoms with van der Waals surface area (Å²) in [5, 5.41) is 2.41. The molecule has 1 aromatic heterocycles. The lowest BCUT2D eigenvalue weighted by Crippen LogP contribution is -2.34. The first-order valence-electron chi connectivity index (χ1n) is 7.95. The second kappa shape index (κ2) is 8.15. The molecule has 1 aromatic carbocycles. The smallest absolute Gasteiger partial charge is 0.289 e. The number of amides is 2. The topological polar surface area (TPSA) is 109 Å². The van der Waals surface area contributed by atoms with Crippen LogP contribution in [0.3, 0.4) is 0 Å². The Morgan fingerprint density at radius 3 is 2.50 bits per heavy atom. The Morgan fingerprint density at radius 2 is 1.85 bits per heavy atom. The van der Waals surface area contributed by atoms with E-state index in [1.165, 1.54) is 26.2 Å². The summed E-state index contributed by atoms with van der Waals surface area (Å²) in [6.07, 6.45) is 0.764. The number of benzene rings is 1. The fraction of sp³-hybridized carbons (Fsp3) is 0.294. The minimum atomic E-state index is -3.77. The van der Waals surface area contributed by atoms with E-state index in [1.54, 1.807) is 6.07 Å². The first-order valence-corrected chi connectivity index (χ1v) is 9.43. The Bertz CT molecular complexity index is 905. The van der Waals surface area contributed by atoms with Crippen molar-refractivity contribution in [1.29, 1.82) is 0 Å². The van der Waals surface area contributed by atoms with Crippen molar-refractivity contribution in [2.45, 2.75) is 18.4 Å². The van der Waals surface area contributed by atoms with Crippen molar-refractivity contribution in [2.24, 2.45) is 0 Å². The molecule has 0 fully saturated rings. The van der Waals surface area contributed by atoms with Gasteiger partial charge in [0.1, 0.15) is 0 Å². The molecule has 0 radical (unpaired) electrons. The van der Waals surface area contributed by atoms with E-state index in [2.05, 4.69) is 10.0 Å². The fourth-order valence-electron chi connectivity index (χ4n) is 2.30. The van der Waals surface area contributed by atoms with Crippen molar-refractivity contribution in [3.63, 3.8) is 0 Å². The van der Waals surface area contributed by atoms with Gasteiger partial charge in [-0.05, 0) is 37.2 Å². The molecular weight excluding hydrogens is 358 g/mol. The number of anilines is 1. The van der Waals surface area contributed by atoms with Crippen LogP contribution in [0.25, 0.3) is 0 Å². The quantitative estimate of drug-likeness (QED) is 0.757. The van der Waals surface area contributed by atoms with Crippen molar-refractivity contribution in [3.05, 3.63) is 47.7 Å². The fourth-order valence-corrected chi connectivity index (χ4v) is 2.94. The number of carbonyl (C=O) groups is 2. The van der Waals surface area contributed by atoms with Gasteiger partial charge in [0.25, 0.3) is 15.9 Å². The van der Waals surface area contributed by atoms with Crippen molar-refractivity contribution in [1.82, 2.24) is 9.62 Å². The zero-order valence-electron chi connectivity index (χ0n) is 14.8. The first kappa shape index (κ1) is 19.7. The van der Waals surface area contributed by atoms with Crippen LogP contribution in [0.4, 0.5) is 5.69 Å². The zero-order chi connectivity index (χ0) is 19.3. The first-order chi connectivity index (χ1) is 12.3. The molecule has 0 saturated carbocycles. The van der Waals surface area contributed by atoms with Gasteiger partial charge in [-0.25, -0.2) is 13.1 Å². The minimum Gasteiger partial charge on any atom is -0.438 e. The second-order valence-electron chi connectivity index (χ2n) is 5.55. The molecule has 8 nitrogen and oxygen atoms in total. The highest BCUT2D eigenvalue weighted by Gasteiger charge is 2.22. The number of hydrogen-bond donors (Lipinski definition) is 2. The summed E-state index contributed by atoms with van der Waals surface area (Å²) in [6, 6.07) is 9.85. The molecule has 0 atom stereocenters. The maximum Gasteiger partial charge on any atom is 0.289 e. The van der Waals surface area contributed by atoms with Crippen molar-refractivity contribution in [2.75, 3.05) is 26.0 Å². The number of rotatable bonds is 7. The number of nitrogens with one attached hydrogen (secondary N) is 2. The molecular formula is C17H21N3O5S. The standard InChI is InChI=1S/C17H21N3O5S/c1-4-12-7-5-6-8-13(12)19-15(21)11-20(3)17(22)14-9-10-16(25-14)26(23,24)18-2/h5-10,18H,4,11H2,1-3H3,(H,19,21). The molecule has 2 rings (SSSR count). The van der Waals surface area contributed by atoms with Crippen LogP contribution in [0.15, 0.2) is 45.9 Å². The van der Waals surface area contributed by atoms with Crippen molar-refractivity contribution in [3.8, 4) is 0 Å². The number of hydrogen-bond acceptors (Lipinski definition) is 5. The van der Waals surface area contributed by atoms with Gasteiger partial charge in [-0.15, -0.1) is 0 Å². The number of aryl methyl sites for hydroxylation is 1. The van der Waals surface area contributed by atoms with E-state index in [1.807, 2.05) is 25.1 Å². The maximum atomic E-state index is 12.3. The lowest BCUT2D eigenvalue weighted by Gasteiger charge is -2.16. The van der Waals surface area contributed by atoms with Gasteiger partial charge in [-0.3, -0.25) is 9.59 Å². The zero-order valence-corrected chi connectivity index (χ0v) is 15.6. The molecule has 26 heavy (non-hydrogen) atoms. The Hall–Kier alpha value is -2.65. The number of likely N-dealkylation sites (N-methyl/N-ethyl adjacent to an activating group) is 1. The largest absolute Gasteiger partial charge is 0.438 e. The molecule has 0 aliphatic heterocycles. The molecule has 2 aromatic rings. The van der Waals surface area contributed by atoms with Crippen LogP contribution >= 0.6 is 0 Å². The van der Waals surface area contributed by atoms with Gasteiger partial charge in [0, 0.05) is 12.7 Å². The van der Waals surface area contributed by atoms with E-state index in [0.717, 1.165) is 16.9 Å². The molecule has 0 aliphatic carbocycles. The van der Waals surface area contributed by atoms with Crippen LogP contribution in [-0.2, 0) is 21.2 Å². The summed E-state index contributed by atoms with van der Waals surface area (Å²) < 4.78 is 30.5. The number of para-hydroxylation sites is 1. The van der Waals surface area contributed by atoms with Crippen LogP contribution in [0, 0.1) is 0 Å². The van der Waals surface area contributed by atoms with Crippen LogP contribution in [0.1, 0.15) is 23.0 Å². The van der Waals surface area contributed by atoms with Crippen molar-refractivity contribution >= 4 is 27.5 Å². The number of carbonyl (C=O) groups excluding carboxylic acids is 2. The van der Waals surface area contributed by atoms with Gasteiger partial charge < -0.3 is 14.6 Å². The Morgan fingerprint density at radius 1 is 1.15 bits per heavy atom. The Balaban J connectivity index is 2.04. The van der Waals surface area contributed by atoms with E-state index in [0.29, 0.717) is 5.69 Å². The van der Waals surface area contributed by atoms with Crippen LogP contribution < -0.4 is 10.0 Å². The Labute approximate surface area is 152 Å². The van der Waals surface area contributed by atoms with Gasteiger partial charge in [0.15, 0.2) is 5.76 Å². The molecule has 1 heterocycles. The summed E-state index contributed by atoms with van der Waals surface area (Å²) in [4.78, 5) is 25.7. The number of nitrogens with zero attached hydrogens (tertiary/aromatic N) is 1. The van der Waals surface area contributed by atoms with E-state index in [4.69, 9.17) is 4.42 Å². The monoisotopic (exact) mass is 379 g/mol. The van der Waals surface area contributed by atoms with Gasteiger partial charge in [0.2, 0.25) is 11.0 Å². The van der Waals surface area contributed by atoms with Crippen molar-refractivity contribution < 1.29 is 22.4 Å². The lowest BCUT2D eigenvalue weighted by atomic mass is 10.1. The predicted molar refractivity (Wildman–Crippen MR) is 96.4 cm³/mol. The Kier molecular flexibility index (Phi) is 6.17. The summed E-state index contributed by atoms with van der Waals surface area (Å²) in [7, 11) is -1.10. The molecule has 0 spiro atoms. The lowest BCUT2D eigenvalue weighted by molar-refractivity contribution is -0.116. The number of sulfonamides is 1. The molecule has 2 amide bonds. The maximum absolute atomic E-state index is 12.3. The van der Waals surface area contributed by atoms with E-state index in [-0.39, 0.29) is 23.3 Å². The highest BCUT2D eigenvalue weighted by atomic mass is 32.2. The third-order valence-corrected chi connectivity index (χ3v) is 5.01. The molecule has 0 unspecified atom stereocenters. The third kappa shape index (κ3) is 4.50. The van der Waals surface area contributed by atoms with Gasteiger partial charge in [-0.2, -0.15) is 0 Å². The molecule has 140 valence electrons. The second-order valence-corrected chi connectivity index (χ2v) is 7.36. The normalized spacial score (nSPS) is 11.2. The summed E-state index contributed by atoms with van der Waals surface area (Å²) in [5.74, 6) is -1.12. The van der Waals surface area contributed by atoms with Crippen LogP contribution in [0.2, 0.25) is 0 Å². The molecule has 0 aliphatic rings. The SMILES string of the molecule is CCc1ccccc1NC(=O)CN(C)C(=O)c1ccc(S(=O)(=O)NC)o1. The summed E-state index contributed by atoms with van der Waals surface area (Å²) >= 11 is 0. The minimum absolute atomic E-state index is 0.164. The summed E-state index contributed by atoms with van der Waals surface area (Å²) in [5.41, 5.74) is 1.68. The average Bonchev–Trinajstić information content (AvgIpc) is 3.12. The highest BCUT2D eigenvalue weighted by molar-refractivity contribution is 7.89. The van der Waals surface area contributed by atoms with Crippen LogP contribution in [-0.4, -0.2) is 45.8 Å². The molecule has 2 N–H and O–H groups in total. The number of furan rings is 1. The summed E-state index contributed by atoms with van der Waals surface area (Å²) in [6.45, 7) is 1.78. The van der Waals surface area contributed by atoms with Gasteiger partial charge >= 0.3 is 0 Å².